The van der Waals surface area contributed by atoms with Crippen molar-refractivity contribution < 1.29 is 23.6 Å². The van der Waals surface area contributed by atoms with E-state index < -0.39 is 0 Å². The van der Waals surface area contributed by atoms with Crippen LogP contribution in [0.1, 0.15) is 52.0 Å². The minimum atomic E-state index is -0.254. The first-order valence-corrected chi connectivity index (χ1v) is 15.2. The number of carbonyl (C=O) groups is 2. The van der Waals surface area contributed by atoms with Crippen LogP contribution in [0.3, 0.4) is 0 Å². The van der Waals surface area contributed by atoms with Crippen LogP contribution in [-0.4, -0.2) is 83.1 Å². The zero-order valence-corrected chi connectivity index (χ0v) is 25.5. The second-order valence-corrected chi connectivity index (χ2v) is 11.3. The van der Waals surface area contributed by atoms with Gasteiger partial charge in [-0.2, -0.15) is 4.98 Å². The maximum Gasteiger partial charge on any atom is 0.418 e. The summed E-state index contributed by atoms with van der Waals surface area (Å²) in [5, 5.41) is 6.58. The number of amides is 2. The lowest BCUT2D eigenvalue weighted by Crippen LogP contribution is -2.45. The third-order valence-electron chi connectivity index (χ3n) is 8.56. The molecule has 2 aliphatic heterocycles. The lowest BCUT2D eigenvalue weighted by atomic mass is 10.0. The fourth-order valence-electron chi connectivity index (χ4n) is 6.01. The van der Waals surface area contributed by atoms with Gasteiger partial charge in [0.25, 0.3) is 11.8 Å². The molecular weight excluding hydrogens is 574 g/mol. The number of nitrogens with two attached hydrogens (primary N) is 1. The molecule has 2 aromatic carbocycles. The van der Waals surface area contributed by atoms with Crippen LogP contribution in [0.4, 0.5) is 5.82 Å². The fraction of sp³-hybridized carbons (Fsp3) is 0.364. The summed E-state index contributed by atoms with van der Waals surface area (Å²) >= 11 is 0. The Bertz CT molecular complexity index is 1660. The van der Waals surface area contributed by atoms with Gasteiger partial charge in [0, 0.05) is 54.6 Å². The van der Waals surface area contributed by atoms with Crippen LogP contribution in [0.2, 0.25) is 0 Å². The van der Waals surface area contributed by atoms with Gasteiger partial charge in [-0.05, 0) is 80.7 Å². The molecule has 12 heteroatoms. The molecule has 2 aliphatic rings. The Balaban J connectivity index is 1.09. The standard InChI is InChI=1S/C33H37N7O5/c1-35-31(41)23-9-10-28(43-2)27(18-23)30-37-33(45-38-30)44-20-25-17-24(19-36-29(25)34)21-5-7-22(8-6-21)32(42)40-15-11-26(12-16-40)39-13-3-4-14-39/h5-10,17-19,26H,3-4,11-16,20H2,1-2H3,(H2,34,36)(H,35,41). The number of hydrogen-bond acceptors (Lipinski definition) is 10. The smallest absolute Gasteiger partial charge is 0.418 e. The number of anilines is 1. The average Bonchev–Trinajstić information content (AvgIpc) is 3.80. The molecule has 2 amide bonds. The van der Waals surface area contributed by atoms with Gasteiger partial charge < -0.3 is 30.3 Å². The summed E-state index contributed by atoms with van der Waals surface area (Å²) < 4.78 is 16.5. The topological polar surface area (TPSA) is 149 Å². The van der Waals surface area contributed by atoms with Gasteiger partial charge in [-0.1, -0.05) is 17.3 Å². The Labute approximate surface area is 261 Å². The summed E-state index contributed by atoms with van der Waals surface area (Å²) in [7, 11) is 3.07. The second-order valence-electron chi connectivity index (χ2n) is 11.3. The molecule has 0 unspecified atom stereocenters. The Morgan fingerprint density at radius 1 is 1.00 bits per heavy atom. The van der Waals surface area contributed by atoms with Gasteiger partial charge in [-0.3, -0.25) is 14.1 Å². The van der Waals surface area contributed by atoms with Gasteiger partial charge in [0.1, 0.15) is 18.2 Å². The predicted octanol–water partition coefficient (Wildman–Crippen LogP) is 4.03. The number of pyridine rings is 1. The number of aromatic nitrogens is 3. The van der Waals surface area contributed by atoms with Crippen LogP contribution in [-0.2, 0) is 6.61 Å². The summed E-state index contributed by atoms with van der Waals surface area (Å²) in [6, 6.07) is 15.0. The largest absolute Gasteiger partial charge is 0.496 e. The van der Waals surface area contributed by atoms with Crippen molar-refractivity contribution >= 4 is 17.6 Å². The van der Waals surface area contributed by atoms with Gasteiger partial charge in [0.2, 0.25) is 5.82 Å². The Hall–Kier alpha value is -4.97. The molecule has 234 valence electrons. The maximum absolute atomic E-state index is 13.2. The van der Waals surface area contributed by atoms with Crippen molar-refractivity contribution in [1.82, 2.24) is 30.2 Å². The SMILES string of the molecule is CNC(=O)c1ccc(OC)c(-c2noc(OCc3cc(-c4ccc(C(=O)N5CCC(N6CCCC6)CC5)cc4)cnc3N)n2)c1. The maximum atomic E-state index is 13.2. The minimum Gasteiger partial charge on any atom is -0.496 e. The van der Waals surface area contributed by atoms with Gasteiger partial charge in [0.15, 0.2) is 0 Å². The average molecular weight is 612 g/mol. The quantitative estimate of drug-likeness (QED) is 0.284. The molecular formula is C33H37N7O5. The first kappa shape index (κ1) is 30.1. The molecule has 0 aliphatic carbocycles. The number of ether oxygens (including phenoxy) is 2. The molecule has 0 radical (unpaired) electrons. The van der Waals surface area contributed by atoms with E-state index in [4.69, 9.17) is 19.7 Å². The van der Waals surface area contributed by atoms with Crippen LogP contribution in [0, 0.1) is 0 Å². The van der Waals surface area contributed by atoms with Crippen molar-refractivity contribution in [3.05, 3.63) is 71.4 Å². The number of hydrogen-bond donors (Lipinski definition) is 2. The van der Waals surface area contributed by atoms with E-state index in [1.54, 1.807) is 31.4 Å². The second kappa shape index (κ2) is 13.3. The van der Waals surface area contributed by atoms with Crippen LogP contribution in [0.5, 0.6) is 11.8 Å². The number of nitrogen functional groups attached to an aromatic ring is 1. The number of nitrogens with one attached hydrogen (secondary N) is 1. The van der Waals surface area contributed by atoms with E-state index >= 15 is 0 Å². The van der Waals surface area contributed by atoms with Gasteiger partial charge in [-0.15, -0.1) is 0 Å². The molecule has 4 aromatic rings. The number of benzene rings is 2. The highest BCUT2D eigenvalue weighted by Crippen LogP contribution is 2.31. The molecule has 0 saturated carbocycles. The molecule has 45 heavy (non-hydrogen) atoms. The van der Waals surface area contributed by atoms with Crippen molar-refractivity contribution in [2.75, 3.05) is 46.1 Å². The molecule has 2 fully saturated rings. The summed E-state index contributed by atoms with van der Waals surface area (Å²) in [5.74, 6) is 0.811. The first-order chi connectivity index (χ1) is 21.9. The highest BCUT2D eigenvalue weighted by Gasteiger charge is 2.28. The summed E-state index contributed by atoms with van der Waals surface area (Å²) in [5.41, 5.74) is 10.1. The monoisotopic (exact) mass is 611 g/mol. The Morgan fingerprint density at radius 3 is 2.44 bits per heavy atom. The van der Waals surface area contributed by atoms with Gasteiger partial charge in [-0.25, -0.2) is 4.98 Å². The van der Waals surface area contributed by atoms with Crippen molar-refractivity contribution in [3.8, 4) is 34.3 Å². The summed E-state index contributed by atoms with van der Waals surface area (Å²) in [6.45, 7) is 4.01. The van der Waals surface area contributed by atoms with Gasteiger partial charge in [0.05, 0.1) is 12.7 Å². The predicted molar refractivity (Wildman–Crippen MR) is 168 cm³/mol. The van der Waals surface area contributed by atoms with Crippen LogP contribution in [0.25, 0.3) is 22.5 Å². The lowest BCUT2D eigenvalue weighted by molar-refractivity contribution is 0.0644. The molecule has 6 rings (SSSR count). The van der Waals surface area contributed by atoms with E-state index in [0.717, 1.165) is 37.1 Å². The Kier molecular flexibility index (Phi) is 8.92. The number of likely N-dealkylation sites (tertiary alicyclic amines) is 2. The molecule has 2 saturated heterocycles. The van der Waals surface area contributed by atoms with E-state index in [2.05, 4.69) is 25.3 Å². The first-order valence-electron chi connectivity index (χ1n) is 15.2. The molecule has 2 aromatic heterocycles. The van der Waals surface area contributed by atoms with Crippen LogP contribution in [0.15, 0.2) is 59.3 Å². The fourth-order valence-corrected chi connectivity index (χ4v) is 6.01. The zero-order valence-electron chi connectivity index (χ0n) is 25.5. The number of rotatable bonds is 9. The molecule has 0 bridgehead atoms. The van der Waals surface area contributed by atoms with Crippen molar-refractivity contribution in [3.63, 3.8) is 0 Å². The van der Waals surface area contributed by atoms with Crippen molar-refractivity contribution in [2.24, 2.45) is 0 Å². The number of piperidine rings is 1. The zero-order chi connectivity index (χ0) is 31.3. The normalized spacial score (nSPS) is 15.6. The molecule has 4 heterocycles. The van der Waals surface area contributed by atoms with Crippen LogP contribution < -0.4 is 20.5 Å². The van der Waals surface area contributed by atoms with Crippen LogP contribution >= 0.6 is 0 Å². The molecule has 0 atom stereocenters. The number of methoxy groups -OCH3 is 1. The summed E-state index contributed by atoms with van der Waals surface area (Å²) in [6.07, 6.45) is 6.27. The van der Waals surface area contributed by atoms with E-state index in [0.29, 0.717) is 39.9 Å². The molecule has 3 N–H and O–H groups in total. The van der Waals surface area contributed by atoms with Crippen molar-refractivity contribution in [1.29, 1.82) is 0 Å². The molecule has 12 nitrogen and oxygen atoms in total. The third-order valence-corrected chi connectivity index (χ3v) is 8.56. The molecule has 0 spiro atoms. The Morgan fingerprint density at radius 2 is 1.73 bits per heavy atom. The third kappa shape index (κ3) is 6.60. The lowest BCUT2D eigenvalue weighted by Gasteiger charge is -2.36. The highest BCUT2D eigenvalue weighted by molar-refractivity contribution is 5.96. The van der Waals surface area contributed by atoms with E-state index in [1.165, 1.54) is 33.0 Å². The minimum absolute atomic E-state index is 0.0354. The number of carbonyl (C=O) groups excluding carboxylic acids is 2. The number of nitrogens with zero attached hydrogens (tertiary/aromatic N) is 5. The van der Waals surface area contributed by atoms with Crippen molar-refractivity contribution in [2.45, 2.75) is 38.3 Å². The summed E-state index contributed by atoms with van der Waals surface area (Å²) in [4.78, 5) is 38.5. The van der Waals surface area contributed by atoms with E-state index in [9.17, 15) is 9.59 Å². The van der Waals surface area contributed by atoms with E-state index in [-0.39, 0.29) is 30.3 Å². The van der Waals surface area contributed by atoms with Gasteiger partial charge >= 0.3 is 6.08 Å². The highest BCUT2D eigenvalue weighted by atomic mass is 16.6. The van der Waals surface area contributed by atoms with E-state index in [1.807, 2.05) is 35.2 Å².